The number of aliphatic hydroxyl groups is 2. The van der Waals surface area contributed by atoms with E-state index >= 15 is 0 Å². The summed E-state index contributed by atoms with van der Waals surface area (Å²) >= 11 is 1.28. The van der Waals surface area contributed by atoms with Gasteiger partial charge >= 0.3 is 5.97 Å². The summed E-state index contributed by atoms with van der Waals surface area (Å²) in [6.07, 6.45) is 7.07. The van der Waals surface area contributed by atoms with Crippen molar-refractivity contribution in [2.45, 2.75) is 102 Å². The van der Waals surface area contributed by atoms with E-state index in [0.717, 1.165) is 52.8 Å². The zero-order chi connectivity index (χ0) is 26.8. The Morgan fingerprint density at radius 1 is 1.05 bits per heavy atom. The van der Waals surface area contributed by atoms with E-state index in [2.05, 4.69) is 20.8 Å². The molecular weight excluding hydrogens is 484 g/mol. The number of hydrogen-bond donors (Lipinski definition) is 3. The minimum absolute atomic E-state index is 0.0409. The molecule has 0 amide bonds. The summed E-state index contributed by atoms with van der Waals surface area (Å²) < 4.78 is 6.35. The van der Waals surface area contributed by atoms with E-state index in [4.69, 9.17) is 4.74 Å². The fraction of sp³-hybridized carbons (Fsp3) is 0.516. The smallest absolute Gasteiger partial charge is 0.349 e. The lowest BCUT2D eigenvalue weighted by molar-refractivity contribution is -0.168. The van der Waals surface area contributed by atoms with E-state index < -0.39 is 11.6 Å². The third-order valence-corrected chi connectivity index (χ3v) is 9.13. The molecule has 5 nitrogen and oxygen atoms in total. The standard InChI is InChI=1S/C31H40O5S/c1-20-16-27(25(30(2,3)4)17-22(20)19-32)37-28-26(34)18-31(36-29(28)35,23-8-6-5-7-9-23)15-14-21-10-12-24(33)13-11-21/h10-13,16-17,23,32-34H,5-9,14-15,18-19H2,1-4H3. The normalized spacial score (nSPS) is 21.3. The molecule has 1 fully saturated rings. The maximum Gasteiger partial charge on any atom is 0.349 e. The first kappa shape index (κ1) is 27.6. The molecule has 0 bridgehead atoms. The van der Waals surface area contributed by atoms with Crippen LogP contribution in [0.1, 0.15) is 88.0 Å². The van der Waals surface area contributed by atoms with Gasteiger partial charge in [0.15, 0.2) is 0 Å². The van der Waals surface area contributed by atoms with Crippen LogP contribution < -0.4 is 0 Å². The molecule has 4 rings (SSSR count). The van der Waals surface area contributed by atoms with Crippen LogP contribution in [0.5, 0.6) is 5.75 Å². The summed E-state index contributed by atoms with van der Waals surface area (Å²) in [4.78, 5) is 14.7. The van der Waals surface area contributed by atoms with E-state index in [-0.39, 0.29) is 34.4 Å². The number of cyclic esters (lactones) is 1. The molecule has 0 spiro atoms. The zero-order valence-corrected chi connectivity index (χ0v) is 23.3. The zero-order valence-electron chi connectivity index (χ0n) is 22.5. The minimum Gasteiger partial charge on any atom is -0.511 e. The molecule has 200 valence electrons. The van der Waals surface area contributed by atoms with Gasteiger partial charge in [-0.1, -0.05) is 70.0 Å². The Morgan fingerprint density at radius 2 is 1.73 bits per heavy atom. The number of carbonyl (C=O) groups is 1. The van der Waals surface area contributed by atoms with E-state index in [1.807, 2.05) is 31.2 Å². The number of phenolic OH excluding ortho intramolecular Hbond substituents is 1. The highest BCUT2D eigenvalue weighted by Crippen LogP contribution is 2.48. The number of aliphatic hydroxyl groups excluding tert-OH is 2. The average molecular weight is 525 g/mol. The second-order valence-corrected chi connectivity index (χ2v) is 12.7. The molecule has 1 unspecified atom stereocenters. The number of carbonyl (C=O) groups excluding carboxylic acids is 1. The van der Waals surface area contributed by atoms with Gasteiger partial charge in [0.1, 0.15) is 22.0 Å². The number of thioether (sulfide) groups is 1. The minimum atomic E-state index is -0.729. The van der Waals surface area contributed by atoms with Crippen LogP contribution in [0.2, 0.25) is 0 Å². The van der Waals surface area contributed by atoms with E-state index in [9.17, 15) is 20.1 Å². The molecule has 2 aromatic rings. The number of esters is 1. The molecule has 2 aliphatic rings. The summed E-state index contributed by atoms with van der Waals surface area (Å²) in [6, 6.07) is 11.2. The van der Waals surface area contributed by atoms with E-state index in [1.165, 1.54) is 18.2 Å². The van der Waals surface area contributed by atoms with Gasteiger partial charge in [-0.2, -0.15) is 0 Å². The first-order valence-corrected chi connectivity index (χ1v) is 14.2. The summed E-state index contributed by atoms with van der Waals surface area (Å²) in [5, 5.41) is 30.8. The number of benzene rings is 2. The van der Waals surface area contributed by atoms with Crippen LogP contribution in [0, 0.1) is 12.8 Å². The lowest BCUT2D eigenvalue weighted by atomic mass is 9.71. The molecule has 0 saturated heterocycles. The Balaban J connectivity index is 1.65. The Labute approximate surface area is 225 Å². The largest absolute Gasteiger partial charge is 0.511 e. The molecule has 0 aromatic heterocycles. The van der Waals surface area contributed by atoms with Crippen molar-refractivity contribution in [3.8, 4) is 5.75 Å². The highest BCUT2D eigenvalue weighted by Gasteiger charge is 2.47. The maximum atomic E-state index is 13.6. The van der Waals surface area contributed by atoms with Crippen molar-refractivity contribution in [2.75, 3.05) is 0 Å². The highest BCUT2D eigenvalue weighted by molar-refractivity contribution is 8.04. The van der Waals surface area contributed by atoms with Crippen LogP contribution in [0.3, 0.4) is 0 Å². The molecule has 0 radical (unpaired) electrons. The first-order valence-electron chi connectivity index (χ1n) is 13.4. The van der Waals surface area contributed by atoms with Gasteiger partial charge in [0.05, 0.1) is 6.61 Å². The molecule has 1 heterocycles. The van der Waals surface area contributed by atoms with Crippen molar-refractivity contribution in [3.05, 3.63) is 69.3 Å². The third kappa shape index (κ3) is 6.18. The molecule has 6 heteroatoms. The fourth-order valence-corrected chi connectivity index (χ4v) is 6.99. The highest BCUT2D eigenvalue weighted by atomic mass is 32.2. The van der Waals surface area contributed by atoms with Crippen LogP contribution in [-0.4, -0.2) is 26.9 Å². The number of aryl methyl sites for hydroxylation is 2. The Morgan fingerprint density at radius 3 is 2.32 bits per heavy atom. The van der Waals surface area contributed by atoms with Crippen molar-refractivity contribution in [1.82, 2.24) is 0 Å². The van der Waals surface area contributed by atoms with E-state index in [1.54, 1.807) is 12.1 Å². The molecule has 1 saturated carbocycles. The topological polar surface area (TPSA) is 87.0 Å². The summed E-state index contributed by atoms with van der Waals surface area (Å²) in [5.74, 6) is 0.108. The predicted octanol–water partition coefficient (Wildman–Crippen LogP) is 7.25. The Hall–Kier alpha value is -2.44. The summed E-state index contributed by atoms with van der Waals surface area (Å²) in [6.45, 7) is 8.23. The molecule has 1 aliphatic heterocycles. The molecule has 3 N–H and O–H groups in total. The summed E-state index contributed by atoms with van der Waals surface area (Å²) in [5.41, 5.74) is 2.98. The second kappa shape index (κ2) is 11.1. The van der Waals surface area contributed by atoms with Crippen molar-refractivity contribution in [3.63, 3.8) is 0 Å². The van der Waals surface area contributed by atoms with Crippen molar-refractivity contribution in [1.29, 1.82) is 0 Å². The van der Waals surface area contributed by atoms with Gasteiger partial charge in [-0.15, -0.1) is 0 Å². The average Bonchev–Trinajstić information content (AvgIpc) is 2.86. The van der Waals surface area contributed by atoms with Gasteiger partial charge < -0.3 is 20.1 Å². The van der Waals surface area contributed by atoms with Crippen LogP contribution >= 0.6 is 11.8 Å². The predicted molar refractivity (Wildman–Crippen MR) is 148 cm³/mol. The van der Waals surface area contributed by atoms with Crippen molar-refractivity contribution >= 4 is 17.7 Å². The number of aromatic hydroxyl groups is 1. The fourth-order valence-electron chi connectivity index (χ4n) is 5.74. The lowest BCUT2D eigenvalue weighted by Gasteiger charge is -2.44. The molecule has 1 aliphatic carbocycles. The summed E-state index contributed by atoms with van der Waals surface area (Å²) in [7, 11) is 0. The molecular formula is C31H40O5S. The Bertz CT molecular complexity index is 1160. The first-order chi connectivity index (χ1) is 17.5. The second-order valence-electron chi connectivity index (χ2n) is 11.7. The third-order valence-electron chi connectivity index (χ3n) is 7.96. The van der Waals surface area contributed by atoms with Crippen molar-refractivity contribution < 1.29 is 24.9 Å². The van der Waals surface area contributed by atoms with Gasteiger partial charge in [-0.3, -0.25) is 0 Å². The van der Waals surface area contributed by atoms with Crippen LogP contribution in [0.15, 0.2) is 52.0 Å². The van der Waals surface area contributed by atoms with E-state index in [0.29, 0.717) is 19.3 Å². The van der Waals surface area contributed by atoms with Gasteiger partial charge in [-0.05, 0) is 84.4 Å². The number of rotatable bonds is 7. The number of ether oxygens (including phenoxy) is 1. The van der Waals surface area contributed by atoms with Gasteiger partial charge in [0.25, 0.3) is 0 Å². The van der Waals surface area contributed by atoms with Gasteiger partial charge in [0.2, 0.25) is 0 Å². The van der Waals surface area contributed by atoms with Crippen LogP contribution in [0.4, 0.5) is 0 Å². The van der Waals surface area contributed by atoms with Gasteiger partial charge in [0, 0.05) is 11.3 Å². The van der Waals surface area contributed by atoms with Crippen molar-refractivity contribution in [2.24, 2.45) is 5.92 Å². The quantitative estimate of drug-likeness (QED) is 0.331. The number of phenols is 1. The molecule has 37 heavy (non-hydrogen) atoms. The van der Waals surface area contributed by atoms with Crippen LogP contribution in [0.25, 0.3) is 0 Å². The lowest BCUT2D eigenvalue weighted by Crippen LogP contribution is -2.47. The number of hydrogen-bond acceptors (Lipinski definition) is 6. The SMILES string of the molecule is Cc1cc(SC2=C(O)CC(CCc3ccc(O)cc3)(C3CCCCC3)OC2=O)c(C(C)(C)C)cc1CO. The van der Waals surface area contributed by atoms with Gasteiger partial charge in [-0.25, -0.2) is 4.79 Å². The Kier molecular flexibility index (Phi) is 8.29. The monoisotopic (exact) mass is 524 g/mol. The molecule has 2 aromatic carbocycles. The maximum absolute atomic E-state index is 13.6. The van der Waals surface area contributed by atoms with Crippen LogP contribution in [-0.2, 0) is 28.0 Å². The molecule has 1 atom stereocenters.